The van der Waals surface area contributed by atoms with Crippen molar-refractivity contribution >= 4 is 15.9 Å². The van der Waals surface area contributed by atoms with Crippen LogP contribution in [0.3, 0.4) is 0 Å². The van der Waals surface area contributed by atoms with Gasteiger partial charge in [0.05, 0.1) is 19.8 Å². The van der Waals surface area contributed by atoms with Crippen LogP contribution >= 0.6 is 15.9 Å². The van der Waals surface area contributed by atoms with E-state index in [1.165, 1.54) is 12.8 Å². The SMILES string of the molecule is COc1ccc(Br)c(C(O)CN)c1OCC1CC1. The number of aliphatic hydroxyl groups is 1. The summed E-state index contributed by atoms with van der Waals surface area (Å²) in [6.45, 7) is 0.808. The minimum Gasteiger partial charge on any atom is -0.493 e. The largest absolute Gasteiger partial charge is 0.493 e. The predicted molar refractivity (Wildman–Crippen MR) is 72.9 cm³/mol. The zero-order chi connectivity index (χ0) is 13.1. The lowest BCUT2D eigenvalue weighted by Crippen LogP contribution is -2.14. The molecule has 0 amide bonds. The van der Waals surface area contributed by atoms with Crippen molar-refractivity contribution in [3.05, 3.63) is 22.2 Å². The summed E-state index contributed by atoms with van der Waals surface area (Å²) in [7, 11) is 1.59. The van der Waals surface area contributed by atoms with E-state index in [1.807, 2.05) is 12.1 Å². The van der Waals surface area contributed by atoms with Crippen molar-refractivity contribution in [3.63, 3.8) is 0 Å². The van der Waals surface area contributed by atoms with E-state index in [-0.39, 0.29) is 6.54 Å². The van der Waals surface area contributed by atoms with E-state index < -0.39 is 6.10 Å². The lowest BCUT2D eigenvalue weighted by molar-refractivity contribution is 0.176. The van der Waals surface area contributed by atoms with E-state index in [0.717, 1.165) is 4.47 Å². The lowest BCUT2D eigenvalue weighted by Gasteiger charge is -2.19. The van der Waals surface area contributed by atoms with Crippen molar-refractivity contribution in [2.75, 3.05) is 20.3 Å². The van der Waals surface area contributed by atoms with E-state index >= 15 is 0 Å². The number of hydrogen-bond donors (Lipinski definition) is 2. The van der Waals surface area contributed by atoms with Gasteiger partial charge in [-0.3, -0.25) is 0 Å². The molecule has 1 saturated carbocycles. The fourth-order valence-corrected chi connectivity index (χ4v) is 2.36. The molecule has 100 valence electrons. The van der Waals surface area contributed by atoms with Crippen LogP contribution in [-0.4, -0.2) is 25.4 Å². The van der Waals surface area contributed by atoms with Gasteiger partial charge in [-0.25, -0.2) is 0 Å². The van der Waals surface area contributed by atoms with E-state index in [2.05, 4.69) is 15.9 Å². The summed E-state index contributed by atoms with van der Waals surface area (Å²) >= 11 is 3.42. The van der Waals surface area contributed by atoms with Crippen LogP contribution in [0.5, 0.6) is 11.5 Å². The van der Waals surface area contributed by atoms with Gasteiger partial charge < -0.3 is 20.3 Å². The maximum absolute atomic E-state index is 10.0. The molecule has 5 heteroatoms. The van der Waals surface area contributed by atoms with Crippen molar-refractivity contribution < 1.29 is 14.6 Å². The summed E-state index contributed by atoms with van der Waals surface area (Å²) in [5, 5.41) is 10.0. The third kappa shape index (κ3) is 2.96. The van der Waals surface area contributed by atoms with Gasteiger partial charge in [0.1, 0.15) is 0 Å². The smallest absolute Gasteiger partial charge is 0.168 e. The van der Waals surface area contributed by atoms with E-state index in [4.69, 9.17) is 15.2 Å². The molecule has 4 nitrogen and oxygen atoms in total. The van der Waals surface area contributed by atoms with E-state index in [1.54, 1.807) is 7.11 Å². The molecule has 0 heterocycles. The highest BCUT2D eigenvalue weighted by molar-refractivity contribution is 9.10. The second-order valence-corrected chi connectivity index (χ2v) is 5.35. The van der Waals surface area contributed by atoms with Gasteiger partial charge in [-0.1, -0.05) is 15.9 Å². The highest BCUT2D eigenvalue weighted by atomic mass is 79.9. The molecule has 0 saturated heterocycles. The highest BCUT2D eigenvalue weighted by Gasteiger charge is 2.25. The maximum Gasteiger partial charge on any atom is 0.168 e. The Balaban J connectivity index is 2.32. The Hall–Kier alpha value is -0.780. The number of benzene rings is 1. The molecule has 1 unspecified atom stereocenters. The third-order valence-electron chi connectivity index (χ3n) is 3.04. The van der Waals surface area contributed by atoms with Crippen molar-refractivity contribution in [1.82, 2.24) is 0 Å². The number of hydrogen-bond acceptors (Lipinski definition) is 4. The summed E-state index contributed by atoms with van der Waals surface area (Å²) in [5.41, 5.74) is 6.20. The van der Waals surface area contributed by atoms with Crippen LogP contribution in [-0.2, 0) is 0 Å². The molecule has 0 spiro atoms. The normalized spacial score (nSPS) is 16.4. The number of aliphatic hydroxyl groups excluding tert-OH is 1. The van der Waals surface area contributed by atoms with Gasteiger partial charge >= 0.3 is 0 Å². The van der Waals surface area contributed by atoms with Gasteiger partial charge in [-0.15, -0.1) is 0 Å². The predicted octanol–water partition coefficient (Wildman–Crippen LogP) is 2.24. The second kappa shape index (κ2) is 5.91. The van der Waals surface area contributed by atoms with Gasteiger partial charge in [0.25, 0.3) is 0 Å². The van der Waals surface area contributed by atoms with Crippen LogP contribution in [0, 0.1) is 5.92 Å². The average Bonchev–Trinajstić information content (AvgIpc) is 3.19. The van der Waals surface area contributed by atoms with Crippen molar-refractivity contribution in [2.45, 2.75) is 18.9 Å². The first-order valence-electron chi connectivity index (χ1n) is 6.04. The summed E-state index contributed by atoms with van der Waals surface area (Å²) in [5.74, 6) is 1.86. The van der Waals surface area contributed by atoms with Crippen molar-refractivity contribution in [3.8, 4) is 11.5 Å². The lowest BCUT2D eigenvalue weighted by atomic mass is 10.1. The Kier molecular flexibility index (Phi) is 4.48. The molecule has 1 fully saturated rings. The number of halogens is 1. The molecule has 1 atom stereocenters. The topological polar surface area (TPSA) is 64.7 Å². The quantitative estimate of drug-likeness (QED) is 0.845. The minimum atomic E-state index is -0.760. The van der Waals surface area contributed by atoms with Crippen molar-refractivity contribution in [2.24, 2.45) is 11.7 Å². The Morgan fingerprint density at radius 2 is 2.22 bits per heavy atom. The van der Waals surface area contributed by atoms with Crippen LogP contribution in [0.1, 0.15) is 24.5 Å². The van der Waals surface area contributed by atoms with E-state index in [0.29, 0.717) is 29.6 Å². The molecule has 2 rings (SSSR count). The molecule has 3 N–H and O–H groups in total. The zero-order valence-corrected chi connectivity index (χ0v) is 11.9. The number of ether oxygens (including phenoxy) is 2. The monoisotopic (exact) mass is 315 g/mol. The fourth-order valence-electron chi connectivity index (χ4n) is 1.78. The number of nitrogens with two attached hydrogens (primary N) is 1. The van der Waals surface area contributed by atoms with Gasteiger partial charge in [-0.2, -0.15) is 0 Å². The molecule has 0 aromatic heterocycles. The zero-order valence-electron chi connectivity index (χ0n) is 10.4. The minimum absolute atomic E-state index is 0.144. The molecule has 0 radical (unpaired) electrons. The van der Waals surface area contributed by atoms with Gasteiger partial charge in [0.2, 0.25) is 0 Å². The van der Waals surface area contributed by atoms with Gasteiger partial charge in [0.15, 0.2) is 11.5 Å². The average molecular weight is 316 g/mol. The van der Waals surface area contributed by atoms with Gasteiger partial charge in [-0.05, 0) is 30.9 Å². The molecule has 1 aromatic carbocycles. The molecule has 18 heavy (non-hydrogen) atoms. The second-order valence-electron chi connectivity index (χ2n) is 4.50. The van der Waals surface area contributed by atoms with Crippen LogP contribution in [0.25, 0.3) is 0 Å². The van der Waals surface area contributed by atoms with Crippen LogP contribution in [0.4, 0.5) is 0 Å². The fraction of sp³-hybridized carbons (Fsp3) is 0.538. The first-order chi connectivity index (χ1) is 8.67. The van der Waals surface area contributed by atoms with Crippen molar-refractivity contribution in [1.29, 1.82) is 0 Å². The van der Waals surface area contributed by atoms with Crippen LogP contribution in [0.2, 0.25) is 0 Å². The molecular weight excluding hydrogens is 298 g/mol. The summed E-state index contributed by atoms with van der Waals surface area (Å²) in [6.07, 6.45) is 1.67. The summed E-state index contributed by atoms with van der Waals surface area (Å²) < 4.78 is 11.9. The Morgan fingerprint density at radius 1 is 1.50 bits per heavy atom. The highest BCUT2D eigenvalue weighted by Crippen LogP contribution is 2.41. The number of methoxy groups -OCH3 is 1. The van der Waals surface area contributed by atoms with E-state index in [9.17, 15) is 5.11 Å². The third-order valence-corrected chi connectivity index (χ3v) is 3.73. The summed E-state index contributed by atoms with van der Waals surface area (Å²) in [6, 6.07) is 3.65. The van der Waals surface area contributed by atoms with Crippen LogP contribution in [0.15, 0.2) is 16.6 Å². The summed E-state index contributed by atoms with van der Waals surface area (Å²) in [4.78, 5) is 0. The Morgan fingerprint density at radius 3 is 2.78 bits per heavy atom. The molecular formula is C13H18BrNO3. The number of rotatable bonds is 6. The van der Waals surface area contributed by atoms with Crippen LogP contribution < -0.4 is 15.2 Å². The Bertz CT molecular complexity index is 421. The first-order valence-corrected chi connectivity index (χ1v) is 6.84. The Labute approximate surface area is 115 Å². The molecule has 1 aliphatic carbocycles. The standard InChI is InChI=1S/C13H18BrNO3/c1-17-11-5-4-9(14)12(10(16)6-15)13(11)18-7-8-2-3-8/h4-5,8,10,16H,2-3,6-7,15H2,1H3. The molecule has 1 aromatic rings. The molecule has 1 aliphatic rings. The van der Waals surface area contributed by atoms with Gasteiger partial charge in [0, 0.05) is 16.6 Å². The first kappa shape index (κ1) is 13.6. The molecule has 0 aliphatic heterocycles. The maximum atomic E-state index is 10.0. The molecule has 0 bridgehead atoms.